The van der Waals surface area contributed by atoms with Crippen LogP contribution in [0.5, 0.6) is 0 Å². The van der Waals surface area contributed by atoms with Crippen LogP contribution in [0.3, 0.4) is 0 Å². The Bertz CT molecular complexity index is 1420. The number of fused-ring (bicyclic) bond motifs is 1. The van der Waals surface area contributed by atoms with Crippen molar-refractivity contribution in [1.29, 1.82) is 0 Å². The van der Waals surface area contributed by atoms with Crippen molar-refractivity contribution in [3.8, 4) is 0 Å². The Hall–Kier alpha value is -3.29. The van der Waals surface area contributed by atoms with E-state index >= 15 is 0 Å². The predicted molar refractivity (Wildman–Crippen MR) is 149 cm³/mol. The molecule has 8 heteroatoms. The number of rotatable bonds is 5. The highest BCUT2D eigenvalue weighted by Crippen LogP contribution is 2.46. The van der Waals surface area contributed by atoms with E-state index in [0.717, 1.165) is 44.8 Å². The van der Waals surface area contributed by atoms with Crippen molar-refractivity contribution in [3.05, 3.63) is 98.3 Å². The zero-order valence-electron chi connectivity index (χ0n) is 20.7. The van der Waals surface area contributed by atoms with Crippen LogP contribution in [0, 0.1) is 13.8 Å². The van der Waals surface area contributed by atoms with Gasteiger partial charge in [0.05, 0.1) is 29.6 Å². The number of amides is 1. The van der Waals surface area contributed by atoms with Gasteiger partial charge in [0.2, 0.25) is 0 Å². The number of hydrogen-bond acceptors (Lipinski definition) is 5. The van der Waals surface area contributed by atoms with Crippen LogP contribution in [-0.4, -0.2) is 32.3 Å². The Morgan fingerprint density at radius 3 is 2.56 bits per heavy atom. The summed E-state index contributed by atoms with van der Waals surface area (Å²) < 4.78 is 2.02. The number of allylic oxidation sites excluding steroid dienone is 1. The Balaban J connectivity index is 1.54. The number of hydrogen-bond donors (Lipinski definition) is 1. The number of aromatic nitrogens is 2. The number of thioether (sulfide) groups is 1. The fourth-order valence-corrected chi connectivity index (χ4v) is 6.11. The molecule has 3 heterocycles. The molecule has 1 N–H and O–H groups in total. The van der Waals surface area contributed by atoms with Crippen LogP contribution in [0.1, 0.15) is 42.4 Å². The lowest BCUT2D eigenvalue weighted by Crippen LogP contribution is -2.37. The van der Waals surface area contributed by atoms with Crippen LogP contribution < -0.4 is 5.32 Å². The van der Waals surface area contributed by atoms with Gasteiger partial charge in [-0.15, -0.1) is 0 Å². The minimum atomic E-state index is -0.353. The summed E-state index contributed by atoms with van der Waals surface area (Å²) in [4.78, 5) is 21.8. The van der Waals surface area contributed by atoms with Gasteiger partial charge in [0.25, 0.3) is 5.91 Å². The molecule has 2 aliphatic heterocycles. The molecule has 6 nitrogen and oxygen atoms in total. The van der Waals surface area contributed by atoms with E-state index in [2.05, 4.69) is 35.2 Å². The Labute approximate surface area is 220 Å². The average molecular weight is 518 g/mol. The van der Waals surface area contributed by atoms with E-state index in [4.69, 9.17) is 16.6 Å². The van der Waals surface area contributed by atoms with Gasteiger partial charge in [-0.05, 0) is 57.5 Å². The van der Waals surface area contributed by atoms with Gasteiger partial charge in [-0.1, -0.05) is 59.8 Å². The summed E-state index contributed by atoms with van der Waals surface area (Å²) in [7, 11) is 0. The molecule has 1 amide bonds. The minimum absolute atomic E-state index is 0.176. The van der Waals surface area contributed by atoms with Crippen LogP contribution in [0.25, 0.3) is 6.08 Å². The molecular weight excluding hydrogens is 490 g/mol. The van der Waals surface area contributed by atoms with Crippen LogP contribution in [0.2, 0.25) is 5.02 Å². The van der Waals surface area contributed by atoms with Gasteiger partial charge in [0.15, 0.2) is 5.17 Å². The number of benzene rings is 2. The first-order valence-electron chi connectivity index (χ1n) is 12.0. The maximum atomic E-state index is 13.6. The Morgan fingerprint density at radius 1 is 1.14 bits per heavy atom. The molecular formula is C28H28ClN5OS. The van der Waals surface area contributed by atoms with E-state index in [1.165, 1.54) is 0 Å². The highest BCUT2D eigenvalue weighted by Gasteiger charge is 2.40. The third kappa shape index (κ3) is 4.49. The van der Waals surface area contributed by atoms with Crippen molar-refractivity contribution in [2.24, 2.45) is 4.99 Å². The highest BCUT2D eigenvalue weighted by atomic mass is 35.5. The predicted octanol–water partition coefficient (Wildman–Crippen LogP) is 6.59. The van der Waals surface area contributed by atoms with Crippen molar-refractivity contribution in [1.82, 2.24) is 14.7 Å². The normalized spacial score (nSPS) is 18.5. The van der Waals surface area contributed by atoms with Crippen molar-refractivity contribution in [2.75, 3.05) is 11.9 Å². The second-order valence-electron chi connectivity index (χ2n) is 8.88. The van der Waals surface area contributed by atoms with E-state index in [-0.39, 0.29) is 11.9 Å². The van der Waals surface area contributed by atoms with E-state index in [1.807, 2.05) is 73.1 Å². The zero-order valence-corrected chi connectivity index (χ0v) is 22.3. The number of carbonyl (C=O) groups is 1. The topological polar surface area (TPSA) is 62.5 Å². The quantitative estimate of drug-likeness (QED) is 0.415. The van der Waals surface area contributed by atoms with E-state index in [0.29, 0.717) is 22.8 Å². The van der Waals surface area contributed by atoms with Crippen molar-refractivity contribution in [2.45, 2.75) is 40.3 Å². The largest absolute Gasteiger partial charge is 0.335 e. The Morgan fingerprint density at radius 2 is 1.86 bits per heavy atom. The number of anilines is 1. The molecule has 36 heavy (non-hydrogen) atoms. The van der Waals surface area contributed by atoms with Crippen molar-refractivity contribution >= 4 is 46.2 Å². The van der Waals surface area contributed by atoms with Crippen LogP contribution in [-0.2, 0) is 11.3 Å². The third-order valence-electron chi connectivity index (χ3n) is 6.55. The SMILES string of the molecule is CCn1nc(C)c(/C=C2/CN3C(=NC(C)=C(C(=O)Nc4ccccc4)[C@@H]3c3ccccc3Cl)S2)c1C. The average Bonchev–Trinajstić information content (AvgIpc) is 3.39. The summed E-state index contributed by atoms with van der Waals surface area (Å²) in [5.74, 6) is -0.176. The van der Waals surface area contributed by atoms with Gasteiger partial charge in [-0.25, -0.2) is 4.99 Å². The zero-order chi connectivity index (χ0) is 25.4. The van der Waals surface area contributed by atoms with E-state index in [9.17, 15) is 4.79 Å². The second-order valence-corrected chi connectivity index (χ2v) is 10.4. The summed E-state index contributed by atoms with van der Waals surface area (Å²) >= 11 is 8.34. The first-order chi connectivity index (χ1) is 17.4. The summed E-state index contributed by atoms with van der Waals surface area (Å²) in [6, 6.07) is 16.9. The molecule has 0 saturated carbocycles. The maximum Gasteiger partial charge on any atom is 0.255 e. The smallest absolute Gasteiger partial charge is 0.255 e. The lowest BCUT2D eigenvalue weighted by molar-refractivity contribution is -0.113. The maximum absolute atomic E-state index is 13.6. The molecule has 5 rings (SSSR count). The monoisotopic (exact) mass is 517 g/mol. The fourth-order valence-electron chi connectivity index (χ4n) is 4.78. The van der Waals surface area contributed by atoms with Gasteiger partial charge in [-0.3, -0.25) is 9.48 Å². The number of amidine groups is 1. The molecule has 1 saturated heterocycles. The Kier molecular flexibility index (Phi) is 6.77. The molecule has 1 fully saturated rings. The highest BCUT2D eigenvalue weighted by molar-refractivity contribution is 8.17. The molecule has 0 unspecified atom stereocenters. The van der Waals surface area contributed by atoms with Crippen molar-refractivity contribution in [3.63, 3.8) is 0 Å². The molecule has 2 aliphatic rings. The van der Waals surface area contributed by atoms with Gasteiger partial charge < -0.3 is 10.2 Å². The summed E-state index contributed by atoms with van der Waals surface area (Å²) in [6.07, 6.45) is 2.21. The number of aryl methyl sites for hydroxylation is 2. The molecule has 2 aromatic carbocycles. The number of para-hydroxylation sites is 1. The lowest BCUT2D eigenvalue weighted by atomic mass is 9.93. The number of carbonyl (C=O) groups excluding carboxylic acids is 1. The first kappa shape index (κ1) is 24.4. The number of nitrogens with zero attached hydrogens (tertiary/aromatic N) is 4. The van der Waals surface area contributed by atoms with Gasteiger partial charge in [0.1, 0.15) is 0 Å². The van der Waals surface area contributed by atoms with Crippen LogP contribution in [0.15, 0.2) is 75.8 Å². The fraction of sp³-hybridized carbons (Fsp3) is 0.250. The molecule has 0 bridgehead atoms. The number of halogens is 1. The molecule has 0 radical (unpaired) electrons. The lowest BCUT2D eigenvalue weighted by Gasteiger charge is -2.35. The molecule has 3 aromatic rings. The van der Waals surface area contributed by atoms with E-state index < -0.39 is 0 Å². The molecule has 0 aliphatic carbocycles. The molecule has 1 aromatic heterocycles. The van der Waals surface area contributed by atoms with Gasteiger partial charge in [0, 0.05) is 33.4 Å². The third-order valence-corrected chi connectivity index (χ3v) is 7.91. The van der Waals surface area contributed by atoms with Crippen molar-refractivity contribution < 1.29 is 4.79 Å². The molecule has 1 atom stereocenters. The van der Waals surface area contributed by atoms with Crippen LogP contribution in [0.4, 0.5) is 5.69 Å². The number of aliphatic imine (C=N–C) groups is 1. The number of nitrogens with one attached hydrogen (secondary N) is 1. The van der Waals surface area contributed by atoms with Gasteiger partial charge >= 0.3 is 0 Å². The molecule has 184 valence electrons. The molecule has 0 spiro atoms. The van der Waals surface area contributed by atoms with Crippen LogP contribution >= 0.6 is 23.4 Å². The first-order valence-corrected chi connectivity index (χ1v) is 13.2. The second kappa shape index (κ2) is 9.99. The summed E-state index contributed by atoms with van der Waals surface area (Å²) in [6.45, 7) is 9.60. The van der Waals surface area contributed by atoms with Gasteiger partial charge in [-0.2, -0.15) is 5.10 Å². The minimum Gasteiger partial charge on any atom is -0.335 e. The standard InChI is InChI=1S/C28H28ClN5OS/c1-5-34-19(4)23(17(2)32-34)15-21-16-33-26(22-13-9-10-14-24(22)29)25(18(3)30-28(33)36-21)27(35)31-20-11-7-6-8-12-20/h6-15,26H,5,16H2,1-4H3,(H,31,35)/b21-15-/t26-/m0/s1. The summed E-state index contributed by atoms with van der Waals surface area (Å²) in [5, 5.41) is 9.21. The summed E-state index contributed by atoms with van der Waals surface area (Å²) in [5.41, 5.74) is 6.22. The van der Waals surface area contributed by atoms with E-state index in [1.54, 1.807) is 11.8 Å².